The van der Waals surface area contributed by atoms with E-state index in [0.717, 1.165) is 6.54 Å². The molecule has 1 atom stereocenters. The fourth-order valence-corrected chi connectivity index (χ4v) is 1.78. The molecule has 82 valence electrons. The van der Waals surface area contributed by atoms with Crippen molar-refractivity contribution in [3.63, 3.8) is 0 Å². The molecule has 0 amide bonds. The molecule has 0 saturated carbocycles. The minimum atomic E-state index is -0.721. The predicted octanol–water partition coefficient (Wildman–Crippen LogP) is 0.285. The molecule has 0 aliphatic carbocycles. The van der Waals surface area contributed by atoms with Crippen LogP contribution in [0, 0.1) is 12.8 Å². The third-order valence-electron chi connectivity index (χ3n) is 2.56. The summed E-state index contributed by atoms with van der Waals surface area (Å²) in [6.07, 6.45) is 0.701. The van der Waals surface area contributed by atoms with Crippen molar-refractivity contribution in [1.29, 1.82) is 0 Å². The lowest BCUT2D eigenvalue weighted by molar-refractivity contribution is -0.141. The molecule has 2 heterocycles. The summed E-state index contributed by atoms with van der Waals surface area (Å²) in [4.78, 5) is 16.8. The van der Waals surface area contributed by atoms with Crippen LogP contribution >= 0.6 is 0 Å². The molecule has 1 saturated heterocycles. The summed E-state index contributed by atoms with van der Waals surface area (Å²) >= 11 is 0. The highest BCUT2D eigenvalue weighted by Gasteiger charge is 2.28. The average Bonchev–Trinajstić information content (AvgIpc) is 2.76. The fourth-order valence-electron chi connectivity index (χ4n) is 1.78. The molecule has 6 heteroatoms. The number of carboxylic acids is 1. The van der Waals surface area contributed by atoms with Gasteiger partial charge in [-0.3, -0.25) is 9.69 Å². The molecule has 1 fully saturated rings. The lowest BCUT2D eigenvalue weighted by Gasteiger charge is -2.11. The van der Waals surface area contributed by atoms with Gasteiger partial charge in [-0.25, -0.2) is 0 Å². The third-order valence-corrected chi connectivity index (χ3v) is 2.56. The van der Waals surface area contributed by atoms with E-state index in [1.807, 2.05) is 4.90 Å². The van der Waals surface area contributed by atoms with Crippen LogP contribution in [0.25, 0.3) is 0 Å². The number of carbonyl (C=O) groups is 1. The second-order valence-electron chi connectivity index (χ2n) is 3.79. The van der Waals surface area contributed by atoms with Crippen molar-refractivity contribution in [2.45, 2.75) is 19.9 Å². The maximum absolute atomic E-state index is 10.7. The van der Waals surface area contributed by atoms with Gasteiger partial charge in [0.2, 0.25) is 5.89 Å². The van der Waals surface area contributed by atoms with Gasteiger partial charge >= 0.3 is 5.97 Å². The maximum Gasteiger partial charge on any atom is 0.307 e. The Balaban J connectivity index is 1.90. The summed E-state index contributed by atoms with van der Waals surface area (Å²) in [6, 6.07) is 0. The number of carboxylic acid groups (broad SMARTS) is 1. The van der Waals surface area contributed by atoms with Crippen molar-refractivity contribution >= 4 is 5.97 Å². The van der Waals surface area contributed by atoms with E-state index in [-0.39, 0.29) is 5.92 Å². The second-order valence-corrected chi connectivity index (χ2v) is 3.79. The van der Waals surface area contributed by atoms with Gasteiger partial charge in [0.05, 0.1) is 12.5 Å². The van der Waals surface area contributed by atoms with Crippen molar-refractivity contribution in [3.05, 3.63) is 11.7 Å². The first-order chi connectivity index (χ1) is 7.15. The molecule has 6 nitrogen and oxygen atoms in total. The SMILES string of the molecule is Cc1nc(CN2CC[C@H](C(=O)O)C2)no1. The Labute approximate surface area is 86.9 Å². The van der Waals surface area contributed by atoms with Gasteiger partial charge in [0.1, 0.15) is 0 Å². The van der Waals surface area contributed by atoms with E-state index in [2.05, 4.69) is 10.1 Å². The fraction of sp³-hybridized carbons (Fsp3) is 0.667. The molecule has 15 heavy (non-hydrogen) atoms. The second kappa shape index (κ2) is 3.98. The first kappa shape index (κ1) is 10.1. The number of hydrogen-bond donors (Lipinski definition) is 1. The van der Waals surface area contributed by atoms with Crippen LogP contribution in [-0.4, -0.2) is 39.2 Å². The summed E-state index contributed by atoms with van der Waals surface area (Å²) in [5, 5.41) is 12.6. The van der Waals surface area contributed by atoms with Crippen LogP contribution in [0.15, 0.2) is 4.52 Å². The summed E-state index contributed by atoms with van der Waals surface area (Å²) in [7, 11) is 0. The van der Waals surface area contributed by atoms with Crippen molar-refractivity contribution in [1.82, 2.24) is 15.0 Å². The van der Waals surface area contributed by atoms with E-state index in [1.165, 1.54) is 0 Å². The molecule has 1 aliphatic heterocycles. The van der Waals surface area contributed by atoms with E-state index in [4.69, 9.17) is 9.63 Å². The van der Waals surface area contributed by atoms with E-state index in [0.29, 0.717) is 31.2 Å². The van der Waals surface area contributed by atoms with E-state index in [9.17, 15) is 4.79 Å². The minimum absolute atomic E-state index is 0.252. The van der Waals surface area contributed by atoms with Gasteiger partial charge in [-0.2, -0.15) is 4.98 Å². The number of nitrogens with zero attached hydrogens (tertiary/aromatic N) is 3. The first-order valence-electron chi connectivity index (χ1n) is 4.89. The number of rotatable bonds is 3. The van der Waals surface area contributed by atoms with Gasteiger partial charge in [-0.15, -0.1) is 0 Å². The molecule has 1 aromatic heterocycles. The van der Waals surface area contributed by atoms with Gasteiger partial charge in [-0.05, 0) is 13.0 Å². The Morgan fingerprint density at radius 3 is 3.07 bits per heavy atom. The van der Waals surface area contributed by atoms with Crippen molar-refractivity contribution in [3.8, 4) is 0 Å². The zero-order valence-electron chi connectivity index (χ0n) is 8.51. The van der Waals surface area contributed by atoms with Gasteiger partial charge in [0.25, 0.3) is 0 Å². The standard InChI is InChI=1S/C9H13N3O3/c1-6-10-8(11-15-6)5-12-3-2-7(4-12)9(13)14/h7H,2-5H2,1H3,(H,13,14)/t7-/m0/s1. The smallest absolute Gasteiger partial charge is 0.307 e. The van der Waals surface area contributed by atoms with Gasteiger partial charge in [-0.1, -0.05) is 5.16 Å². The van der Waals surface area contributed by atoms with Crippen LogP contribution in [0.5, 0.6) is 0 Å². The highest BCUT2D eigenvalue weighted by Crippen LogP contribution is 2.17. The Morgan fingerprint density at radius 2 is 2.53 bits per heavy atom. The normalized spacial score (nSPS) is 22.1. The first-order valence-corrected chi connectivity index (χ1v) is 4.89. The monoisotopic (exact) mass is 211 g/mol. The summed E-state index contributed by atoms with van der Waals surface area (Å²) in [5.41, 5.74) is 0. The van der Waals surface area contributed by atoms with Gasteiger partial charge in [0, 0.05) is 13.5 Å². The molecule has 1 aliphatic rings. The lowest BCUT2D eigenvalue weighted by Crippen LogP contribution is -2.23. The highest BCUT2D eigenvalue weighted by atomic mass is 16.5. The molecule has 0 spiro atoms. The number of likely N-dealkylation sites (tertiary alicyclic amines) is 1. The molecule has 0 aromatic carbocycles. The van der Waals surface area contributed by atoms with E-state index >= 15 is 0 Å². The Bertz CT molecular complexity index is 363. The largest absolute Gasteiger partial charge is 0.481 e. The van der Waals surface area contributed by atoms with Gasteiger partial charge in [0.15, 0.2) is 5.82 Å². The van der Waals surface area contributed by atoms with E-state index in [1.54, 1.807) is 6.92 Å². The van der Waals surface area contributed by atoms with Crippen LogP contribution in [0.1, 0.15) is 18.1 Å². The topological polar surface area (TPSA) is 79.5 Å². The Morgan fingerprint density at radius 1 is 1.73 bits per heavy atom. The molecule has 1 aromatic rings. The molecule has 2 rings (SSSR count). The number of aromatic nitrogens is 2. The number of aryl methyl sites for hydroxylation is 1. The average molecular weight is 211 g/mol. The molecular formula is C9H13N3O3. The highest BCUT2D eigenvalue weighted by molar-refractivity contribution is 5.70. The molecular weight excluding hydrogens is 198 g/mol. The van der Waals surface area contributed by atoms with Crippen LogP contribution < -0.4 is 0 Å². The predicted molar refractivity (Wildman–Crippen MR) is 50.1 cm³/mol. The van der Waals surface area contributed by atoms with Gasteiger partial charge < -0.3 is 9.63 Å². The lowest BCUT2D eigenvalue weighted by atomic mass is 10.1. The molecule has 0 bridgehead atoms. The third kappa shape index (κ3) is 2.33. The van der Waals surface area contributed by atoms with Crippen LogP contribution in [0.4, 0.5) is 0 Å². The minimum Gasteiger partial charge on any atom is -0.481 e. The Kier molecular flexibility index (Phi) is 2.68. The van der Waals surface area contributed by atoms with Crippen molar-refractivity contribution in [2.75, 3.05) is 13.1 Å². The Hall–Kier alpha value is -1.43. The zero-order chi connectivity index (χ0) is 10.8. The van der Waals surface area contributed by atoms with Crippen LogP contribution in [0.3, 0.4) is 0 Å². The van der Waals surface area contributed by atoms with Crippen LogP contribution in [-0.2, 0) is 11.3 Å². The zero-order valence-corrected chi connectivity index (χ0v) is 8.51. The van der Waals surface area contributed by atoms with Crippen LogP contribution in [0.2, 0.25) is 0 Å². The molecule has 0 unspecified atom stereocenters. The molecule has 1 N–H and O–H groups in total. The number of aliphatic carboxylic acids is 1. The summed E-state index contributed by atoms with van der Waals surface area (Å²) in [5.74, 6) is 0.192. The quantitative estimate of drug-likeness (QED) is 0.773. The van der Waals surface area contributed by atoms with E-state index < -0.39 is 5.97 Å². The summed E-state index contributed by atoms with van der Waals surface area (Å²) in [6.45, 7) is 3.66. The van der Waals surface area contributed by atoms with Crippen molar-refractivity contribution in [2.24, 2.45) is 5.92 Å². The maximum atomic E-state index is 10.7. The molecule has 0 radical (unpaired) electrons. The number of hydrogen-bond acceptors (Lipinski definition) is 5. The summed E-state index contributed by atoms with van der Waals surface area (Å²) < 4.78 is 4.84. The van der Waals surface area contributed by atoms with Crippen molar-refractivity contribution < 1.29 is 14.4 Å².